The molecule has 1 aromatic carbocycles. The topological polar surface area (TPSA) is 61.9 Å². The zero-order valence-electron chi connectivity index (χ0n) is 15.1. The summed E-state index contributed by atoms with van der Waals surface area (Å²) in [6, 6.07) is 5.97. The Morgan fingerprint density at radius 3 is 2.62 bits per heavy atom. The zero-order chi connectivity index (χ0) is 20.6. The number of nitrogens with one attached hydrogen (secondary N) is 1. The van der Waals surface area contributed by atoms with Crippen LogP contribution in [0.1, 0.15) is 22.4 Å². The summed E-state index contributed by atoms with van der Waals surface area (Å²) in [5.74, 6) is -0.523. The average Bonchev–Trinajstić information content (AvgIpc) is 2.67. The number of alkyl halides is 3. The van der Waals surface area contributed by atoms with Gasteiger partial charge in [-0.1, -0.05) is 0 Å². The van der Waals surface area contributed by atoms with Crippen molar-refractivity contribution in [2.24, 2.45) is 0 Å². The highest BCUT2D eigenvalue weighted by Gasteiger charge is 2.31. The average molecular weight is 404 g/mol. The minimum atomic E-state index is -4.61. The van der Waals surface area contributed by atoms with E-state index in [1.807, 2.05) is 4.90 Å². The van der Waals surface area contributed by atoms with Crippen molar-refractivity contribution in [2.75, 3.05) is 6.54 Å². The van der Waals surface area contributed by atoms with Crippen LogP contribution in [0.2, 0.25) is 0 Å². The van der Waals surface area contributed by atoms with Crippen LogP contribution in [0.3, 0.4) is 0 Å². The van der Waals surface area contributed by atoms with Gasteiger partial charge in [-0.3, -0.25) is 14.7 Å². The Morgan fingerprint density at radius 2 is 1.90 bits per heavy atom. The van der Waals surface area contributed by atoms with Crippen molar-refractivity contribution in [3.05, 3.63) is 81.3 Å². The van der Waals surface area contributed by atoms with Gasteiger partial charge in [-0.25, -0.2) is 9.37 Å². The van der Waals surface area contributed by atoms with Crippen LogP contribution in [0.25, 0.3) is 11.4 Å². The summed E-state index contributed by atoms with van der Waals surface area (Å²) in [4.78, 5) is 25.5. The Bertz CT molecular complexity index is 1100. The second-order valence-electron chi connectivity index (χ2n) is 6.88. The van der Waals surface area contributed by atoms with Gasteiger partial charge in [0.25, 0.3) is 5.56 Å². The standard InChI is InChI=1S/C20H16F4N4O/c21-15-8-12(7-14(9-15)20(22,23)24)10-28-6-3-16-17(11-28)26-18(27-19(16)29)13-1-4-25-5-2-13/h1-2,4-5,7-9H,3,6,10-11H2,(H,26,27,29). The molecule has 1 aliphatic rings. The molecule has 1 N–H and O–H groups in total. The summed E-state index contributed by atoms with van der Waals surface area (Å²) in [6.07, 6.45) is -1.03. The minimum Gasteiger partial charge on any atom is -0.306 e. The van der Waals surface area contributed by atoms with Gasteiger partial charge in [0.15, 0.2) is 0 Å². The smallest absolute Gasteiger partial charge is 0.306 e. The molecule has 4 rings (SSSR count). The molecule has 0 fully saturated rings. The van der Waals surface area contributed by atoms with Gasteiger partial charge in [0, 0.05) is 43.2 Å². The van der Waals surface area contributed by atoms with Crippen molar-refractivity contribution in [1.82, 2.24) is 19.9 Å². The summed E-state index contributed by atoms with van der Waals surface area (Å²) in [5, 5.41) is 0. The van der Waals surface area contributed by atoms with Gasteiger partial charge in [-0.05, 0) is 42.3 Å². The number of benzene rings is 1. The normalized spacial score (nSPS) is 14.6. The molecular formula is C20H16F4N4O. The number of aromatic amines is 1. The third-order valence-corrected chi connectivity index (χ3v) is 4.80. The van der Waals surface area contributed by atoms with Crippen LogP contribution in [-0.4, -0.2) is 26.4 Å². The maximum atomic E-state index is 13.7. The highest BCUT2D eigenvalue weighted by molar-refractivity contribution is 5.54. The molecule has 3 heterocycles. The molecule has 150 valence electrons. The Balaban J connectivity index is 1.60. The first-order valence-corrected chi connectivity index (χ1v) is 8.91. The Morgan fingerprint density at radius 1 is 1.14 bits per heavy atom. The van der Waals surface area contributed by atoms with Crippen molar-refractivity contribution in [2.45, 2.75) is 25.7 Å². The minimum absolute atomic E-state index is 0.124. The van der Waals surface area contributed by atoms with Gasteiger partial charge in [0.1, 0.15) is 11.6 Å². The second-order valence-corrected chi connectivity index (χ2v) is 6.88. The number of rotatable bonds is 3. The summed E-state index contributed by atoms with van der Waals surface area (Å²) in [6.45, 7) is 0.874. The van der Waals surface area contributed by atoms with Crippen LogP contribution in [0.15, 0.2) is 47.5 Å². The first kappa shape index (κ1) is 19.3. The lowest BCUT2D eigenvalue weighted by Gasteiger charge is -2.28. The monoisotopic (exact) mass is 404 g/mol. The van der Waals surface area contributed by atoms with Crippen LogP contribution >= 0.6 is 0 Å². The Hall–Kier alpha value is -3.07. The second kappa shape index (κ2) is 7.40. The molecule has 0 atom stereocenters. The molecular weight excluding hydrogens is 388 g/mol. The largest absolute Gasteiger partial charge is 0.416 e. The summed E-state index contributed by atoms with van der Waals surface area (Å²) < 4.78 is 52.5. The third kappa shape index (κ3) is 4.19. The third-order valence-electron chi connectivity index (χ3n) is 4.80. The number of halogens is 4. The molecule has 29 heavy (non-hydrogen) atoms. The number of nitrogens with zero attached hydrogens (tertiary/aromatic N) is 3. The summed E-state index contributed by atoms with van der Waals surface area (Å²) in [5.41, 5.74) is 0.816. The molecule has 0 radical (unpaired) electrons. The Labute approximate surface area is 163 Å². The fourth-order valence-corrected chi connectivity index (χ4v) is 3.44. The first-order chi connectivity index (χ1) is 13.8. The van der Waals surface area contributed by atoms with Gasteiger partial charge >= 0.3 is 6.18 Å². The van der Waals surface area contributed by atoms with Gasteiger partial charge < -0.3 is 4.98 Å². The van der Waals surface area contributed by atoms with E-state index in [0.29, 0.717) is 41.7 Å². The van der Waals surface area contributed by atoms with Gasteiger partial charge in [0.05, 0.1) is 11.3 Å². The van der Waals surface area contributed by atoms with E-state index in [1.54, 1.807) is 24.5 Å². The van der Waals surface area contributed by atoms with E-state index in [0.717, 1.165) is 12.1 Å². The Kier molecular flexibility index (Phi) is 4.91. The number of hydrogen-bond acceptors (Lipinski definition) is 4. The maximum Gasteiger partial charge on any atom is 0.416 e. The zero-order valence-corrected chi connectivity index (χ0v) is 15.1. The van der Waals surface area contributed by atoms with E-state index in [-0.39, 0.29) is 24.2 Å². The number of fused-ring (bicyclic) bond motifs is 1. The molecule has 0 unspecified atom stereocenters. The fourth-order valence-electron chi connectivity index (χ4n) is 3.44. The van der Waals surface area contributed by atoms with Crippen molar-refractivity contribution in [3.8, 4) is 11.4 Å². The number of hydrogen-bond donors (Lipinski definition) is 1. The SMILES string of the molecule is O=c1[nH]c(-c2ccncc2)nc2c1CCN(Cc1cc(F)cc(C(F)(F)F)c1)C2. The van der Waals surface area contributed by atoms with Crippen LogP contribution in [0.5, 0.6) is 0 Å². The molecule has 3 aromatic rings. The molecule has 0 saturated heterocycles. The van der Waals surface area contributed by atoms with Crippen molar-refractivity contribution in [1.29, 1.82) is 0 Å². The van der Waals surface area contributed by atoms with E-state index < -0.39 is 17.6 Å². The molecule has 5 nitrogen and oxygen atoms in total. The van der Waals surface area contributed by atoms with E-state index in [9.17, 15) is 22.4 Å². The lowest BCUT2D eigenvalue weighted by molar-refractivity contribution is -0.137. The fraction of sp³-hybridized carbons (Fsp3) is 0.250. The number of H-pyrrole nitrogens is 1. The molecule has 0 spiro atoms. The van der Waals surface area contributed by atoms with E-state index in [1.165, 1.54) is 0 Å². The number of pyridine rings is 1. The van der Waals surface area contributed by atoms with Gasteiger partial charge in [-0.15, -0.1) is 0 Å². The highest BCUT2D eigenvalue weighted by atomic mass is 19.4. The summed E-state index contributed by atoms with van der Waals surface area (Å²) >= 11 is 0. The first-order valence-electron chi connectivity index (χ1n) is 8.91. The van der Waals surface area contributed by atoms with Crippen LogP contribution in [-0.2, 0) is 25.7 Å². The highest BCUT2D eigenvalue weighted by Crippen LogP contribution is 2.31. The lowest BCUT2D eigenvalue weighted by atomic mass is 10.0. The van der Waals surface area contributed by atoms with Crippen LogP contribution < -0.4 is 5.56 Å². The molecule has 0 saturated carbocycles. The maximum absolute atomic E-state index is 13.7. The van der Waals surface area contributed by atoms with Crippen LogP contribution in [0, 0.1) is 5.82 Å². The molecule has 9 heteroatoms. The van der Waals surface area contributed by atoms with Crippen molar-refractivity contribution in [3.63, 3.8) is 0 Å². The molecule has 0 aliphatic carbocycles. The van der Waals surface area contributed by atoms with Crippen molar-refractivity contribution >= 4 is 0 Å². The molecule has 0 bridgehead atoms. The van der Waals surface area contributed by atoms with E-state index >= 15 is 0 Å². The van der Waals surface area contributed by atoms with Gasteiger partial charge in [-0.2, -0.15) is 13.2 Å². The molecule has 2 aromatic heterocycles. The lowest BCUT2D eigenvalue weighted by Crippen LogP contribution is -2.35. The predicted octanol–water partition coefficient (Wildman–Crippen LogP) is 3.55. The molecule has 1 aliphatic heterocycles. The van der Waals surface area contributed by atoms with E-state index in [2.05, 4.69) is 15.0 Å². The summed E-state index contributed by atoms with van der Waals surface area (Å²) in [7, 11) is 0. The van der Waals surface area contributed by atoms with Gasteiger partial charge in [0.2, 0.25) is 0 Å². The quantitative estimate of drug-likeness (QED) is 0.679. The van der Waals surface area contributed by atoms with Crippen LogP contribution in [0.4, 0.5) is 17.6 Å². The molecule has 0 amide bonds. The number of aromatic nitrogens is 3. The van der Waals surface area contributed by atoms with E-state index in [4.69, 9.17) is 0 Å². The van der Waals surface area contributed by atoms with Crippen molar-refractivity contribution < 1.29 is 17.6 Å². The predicted molar refractivity (Wildman–Crippen MR) is 97.3 cm³/mol.